The van der Waals surface area contributed by atoms with Crippen molar-refractivity contribution in [3.8, 4) is 0 Å². The van der Waals surface area contributed by atoms with E-state index in [1.807, 2.05) is 19.0 Å². The summed E-state index contributed by atoms with van der Waals surface area (Å²) in [7, 11) is 0.0344. The van der Waals surface area contributed by atoms with Crippen molar-refractivity contribution in [3.63, 3.8) is 0 Å². The molecule has 31 heavy (non-hydrogen) atoms. The lowest BCUT2D eigenvalue weighted by Gasteiger charge is -2.29. The first-order valence-electron chi connectivity index (χ1n) is 9.85. The molecule has 2 aromatic heterocycles. The second-order valence-corrected chi connectivity index (χ2v) is 11.7. The molecule has 1 aliphatic rings. The molecule has 0 radical (unpaired) electrons. The number of aromatic nitrogens is 1. The van der Waals surface area contributed by atoms with Gasteiger partial charge in [0.15, 0.2) is 5.13 Å². The third-order valence-corrected chi connectivity index (χ3v) is 9.50. The Hall–Kier alpha value is -1.92. The standard InChI is InChI=1S/C20H23FN4O3S3/c1-23(2)11-12-24(20-22-18-14(21)6-3-8-16(18)30-20)19(26)15-7-4-10-25(15)31(27,28)17-9-5-13-29-17/h3,5-6,8-9,13,15H,4,7,10-12H2,1-2H3. The molecular weight excluding hydrogens is 459 g/mol. The van der Waals surface area contributed by atoms with Gasteiger partial charge in [0.25, 0.3) is 10.0 Å². The molecule has 1 unspecified atom stereocenters. The molecule has 0 spiro atoms. The maximum Gasteiger partial charge on any atom is 0.253 e. The van der Waals surface area contributed by atoms with Crippen molar-refractivity contribution in [2.45, 2.75) is 23.1 Å². The molecule has 11 heteroatoms. The zero-order valence-corrected chi connectivity index (χ0v) is 19.6. The van der Waals surface area contributed by atoms with Crippen LogP contribution in [0.15, 0.2) is 39.9 Å². The minimum Gasteiger partial charge on any atom is -0.308 e. The normalized spacial score (nSPS) is 17.6. The highest BCUT2D eigenvalue weighted by Gasteiger charge is 2.42. The number of halogens is 1. The minimum atomic E-state index is -3.75. The molecule has 1 aliphatic heterocycles. The molecule has 0 N–H and O–H groups in total. The molecule has 0 aliphatic carbocycles. The quantitative estimate of drug-likeness (QED) is 0.517. The Kier molecular flexibility index (Phi) is 6.40. The molecular formula is C20H23FN4O3S3. The van der Waals surface area contributed by atoms with Crippen molar-refractivity contribution >= 4 is 54.0 Å². The van der Waals surface area contributed by atoms with Crippen LogP contribution in [-0.4, -0.2) is 68.3 Å². The predicted octanol–water partition coefficient (Wildman–Crippen LogP) is 3.24. The van der Waals surface area contributed by atoms with E-state index in [4.69, 9.17) is 0 Å². The number of carbonyl (C=O) groups excluding carboxylic acids is 1. The van der Waals surface area contributed by atoms with E-state index in [9.17, 15) is 17.6 Å². The molecule has 1 aromatic carbocycles. The number of benzene rings is 1. The van der Waals surface area contributed by atoms with Crippen LogP contribution >= 0.6 is 22.7 Å². The number of sulfonamides is 1. The fourth-order valence-corrected chi connectivity index (χ4v) is 7.38. The molecule has 1 fully saturated rings. The number of para-hydroxylation sites is 1. The Labute approximate surface area is 188 Å². The van der Waals surface area contributed by atoms with Gasteiger partial charge in [0, 0.05) is 19.6 Å². The van der Waals surface area contributed by atoms with Crippen LogP contribution < -0.4 is 4.90 Å². The number of rotatable bonds is 7. The van der Waals surface area contributed by atoms with Crippen molar-refractivity contribution in [2.24, 2.45) is 0 Å². The Morgan fingerprint density at radius 1 is 1.26 bits per heavy atom. The van der Waals surface area contributed by atoms with Crippen LogP contribution in [0.2, 0.25) is 0 Å². The Bertz CT molecular complexity index is 1180. The molecule has 166 valence electrons. The summed E-state index contributed by atoms with van der Waals surface area (Å²) in [4.78, 5) is 21.5. The number of thiazole rings is 1. The summed E-state index contributed by atoms with van der Waals surface area (Å²) >= 11 is 2.38. The number of amides is 1. The van der Waals surface area contributed by atoms with E-state index in [1.54, 1.807) is 29.6 Å². The van der Waals surface area contributed by atoms with Gasteiger partial charge in [-0.1, -0.05) is 23.5 Å². The smallest absolute Gasteiger partial charge is 0.253 e. The van der Waals surface area contributed by atoms with Crippen molar-refractivity contribution in [1.82, 2.24) is 14.2 Å². The van der Waals surface area contributed by atoms with Gasteiger partial charge >= 0.3 is 0 Å². The fraction of sp³-hybridized carbons (Fsp3) is 0.400. The molecule has 1 amide bonds. The zero-order valence-electron chi connectivity index (χ0n) is 17.2. The third kappa shape index (κ3) is 4.37. The molecule has 4 rings (SSSR count). The number of hydrogen-bond donors (Lipinski definition) is 0. The van der Waals surface area contributed by atoms with E-state index < -0.39 is 21.9 Å². The second kappa shape index (κ2) is 8.91. The van der Waals surface area contributed by atoms with Gasteiger partial charge in [-0.25, -0.2) is 17.8 Å². The molecule has 1 saturated heterocycles. The lowest BCUT2D eigenvalue weighted by molar-refractivity contribution is -0.121. The van der Waals surface area contributed by atoms with Crippen molar-refractivity contribution in [2.75, 3.05) is 38.6 Å². The van der Waals surface area contributed by atoms with Gasteiger partial charge in [-0.15, -0.1) is 11.3 Å². The molecule has 0 saturated carbocycles. The molecule has 3 heterocycles. The van der Waals surface area contributed by atoms with Crippen LogP contribution in [0.3, 0.4) is 0 Å². The molecule has 0 bridgehead atoms. The Morgan fingerprint density at radius 3 is 2.74 bits per heavy atom. The van der Waals surface area contributed by atoms with E-state index >= 15 is 0 Å². The average Bonchev–Trinajstić information content (AvgIpc) is 3.47. The van der Waals surface area contributed by atoms with Gasteiger partial charge in [-0.05, 0) is 50.5 Å². The van der Waals surface area contributed by atoms with E-state index in [1.165, 1.54) is 26.6 Å². The summed E-state index contributed by atoms with van der Waals surface area (Å²) in [6.07, 6.45) is 1.05. The van der Waals surface area contributed by atoms with E-state index in [-0.39, 0.29) is 15.6 Å². The highest BCUT2D eigenvalue weighted by molar-refractivity contribution is 7.91. The number of hydrogen-bond acceptors (Lipinski definition) is 7. The zero-order chi connectivity index (χ0) is 22.2. The number of carbonyl (C=O) groups is 1. The number of thiophene rings is 1. The summed E-state index contributed by atoms with van der Waals surface area (Å²) in [5.74, 6) is -0.762. The third-order valence-electron chi connectivity index (χ3n) is 5.17. The lowest BCUT2D eigenvalue weighted by atomic mass is 10.2. The number of anilines is 1. The van der Waals surface area contributed by atoms with Crippen LogP contribution in [0.1, 0.15) is 12.8 Å². The van der Waals surface area contributed by atoms with Gasteiger partial charge in [0.1, 0.15) is 21.6 Å². The van der Waals surface area contributed by atoms with Crippen LogP contribution in [0, 0.1) is 5.82 Å². The maximum absolute atomic E-state index is 14.2. The monoisotopic (exact) mass is 482 g/mol. The predicted molar refractivity (Wildman–Crippen MR) is 122 cm³/mol. The van der Waals surface area contributed by atoms with Crippen molar-refractivity contribution < 1.29 is 17.6 Å². The van der Waals surface area contributed by atoms with Crippen molar-refractivity contribution in [1.29, 1.82) is 0 Å². The molecule has 7 nitrogen and oxygen atoms in total. The van der Waals surface area contributed by atoms with Crippen LogP contribution in [-0.2, 0) is 14.8 Å². The summed E-state index contributed by atoms with van der Waals surface area (Å²) < 4.78 is 42.6. The van der Waals surface area contributed by atoms with Gasteiger partial charge in [0.05, 0.1) is 4.70 Å². The van der Waals surface area contributed by atoms with Crippen LogP contribution in [0.25, 0.3) is 10.2 Å². The highest BCUT2D eigenvalue weighted by Crippen LogP contribution is 2.34. The average molecular weight is 483 g/mol. The largest absolute Gasteiger partial charge is 0.308 e. The van der Waals surface area contributed by atoms with Gasteiger partial charge in [-0.3, -0.25) is 9.69 Å². The van der Waals surface area contributed by atoms with Gasteiger partial charge in [0.2, 0.25) is 5.91 Å². The second-order valence-electron chi connectivity index (χ2n) is 7.58. The SMILES string of the molecule is CN(C)CCN(C(=O)C1CCCN1S(=O)(=O)c1cccs1)c1nc2c(F)cccc2s1. The summed E-state index contributed by atoms with van der Waals surface area (Å²) in [5, 5.41) is 2.09. The summed E-state index contributed by atoms with van der Waals surface area (Å²) in [5.41, 5.74) is 0.222. The number of nitrogens with zero attached hydrogens (tertiary/aromatic N) is 4. The van der Waals surface area contributed by atoms with Crippen molar-refractivity contribution in [3.05, 3.63) is 41.5 Å². The van der Waals surface area contributed by atoms with Crippen LogP contribution in [0.5, 0.6) is 0 Å². The number of fused-ring (bicyclic) bond motifs is 1. The summed E-state index contributed by atoms with van der Waals surface area (Å²) in [6, 6.07) is 7.15. The molecule has 3 aromatic rings. The Balaban J connectivity index is 1.69. The maximum atomic E-state index is 14.2. The first-order valence-corrected chi connectivity index (χ1v) is 13.0. The van der Waals surface area contributed by atoms with Crippen LogP contribution in [0.4, 0.5) is 9.52 Å². The minimum absolute atomic E-state index is 0.222. The topological polar surface area (TPSA) is 73.8 Å². The molecule has 1 atom stereocenters. The fourth-order valence-electron chi connectivity index (χ4n) is 3.60. The van der Waals surface area contributed by atoms with E-state index in [2.05, 4.69) is 4.98 Å². The van der Waals surface area contributed by atoms with E-state index in [0.29, 0.717) is 42.3 Å². The highest BCUT2D eigenvalue weighted by atomic mass is 32.2. The lowest BCUT2D eigenvalue weighted by Crippen LogP contribution is -2.49. The van der Waals surface area contributed by atoms with E-state index in [0.717, 1.165) is 11.3 Å². The number of likely N-dealkylation sites (N-methyl/N-ethyl adjacent to an activating group) is 1. The van der Waals surface area contributed by atoms with Gasteiger partial charge < -0.3 is 4.90 Å². The Morgan fingerprint density at radius 2 is 2.06 bits per heavy atom. The summed E-state index contributed by atoms with van der Waals surface area (Å²) in [6.45, 7) is 1.19. The first kappa shape index (κ1) is 22.3. The first-order chi connectivity index (χ1) is 14.8. The van der Waals surface area contributed by atoms with Gasteiger partial charge in [-0.2, -0.15) is 4.31 Å².